The van der Waals surface area contributed by atoms with Gasteiger partial charge < -0.3 is 14.2 Å². The highest BCUT2D eigenvalue weighted by Gasteiger charge is 2.09. The fraction of sp³-hybridized carbons (Fsp3) is 0.130. The van der Waals surface area contributed by atoms with Crippen molar-refractivity contribution in [1.82, 2.24) is 5.43 Å². The maximum absolute atomic E-state index is 13.0. The van der Waals surface area contributed by atoms with Gasteiger partial charge in [-0.25, -0.2) is 9.82 Å². The molecular formula is C23H20FIN2O4. The smallest absolute Gasteiger partial charge is 0.271 e. The van der Waals surface area contributed by atoms with Crippen molar-refractivity contribution in [1.29, 1.82) is 0 Å². The molecular weight excluding hydrogens is 514 g/mol. The van der Waals surface area contributed by atoms with E-state index in [0.717, 1.165) is 9.13 Å². The molecule has 0 heterocycles. The average Bonchev–Trinajstić information content (AvgIpc) is 2.79. The third kappa shape index (κ3) is 6.17. The molecule has 0 bridgehead atoms. The zero-order chi connectivity index (χ0) is 22.2. The Balaban J connectivity index is 1.63. The molecule has 0 aliphatic rings. The van der Waals surface area contributed by atoms with Gasteiger partial charge in [0.25, 0.3) is 5.91 Å². The van der Waals surface area contributed by atoms with Crippen molar-refractivity contribution in [3.05, 3.63) is 86.7 Å². The molecule has 0 radical (unpaired) electrons. The third-order valence-electron chi connectivity index (χ3n) is 4.29. The van der Waals surface area contributed by atoms with Gasteiger partial charge in [-0.05, 0) is 82.2 Å². The summed E-state index contributed by atoms with van der Waals surface area (Å²) in [6.45, 7) is 0.277. The molecule has 6 nitrogen and oxygen atoms in total. The van der Waals surface area contributed by atoms with Crippen molar-refractivity contribution >= 4 is 34.7 Å². The number of carbonyl (C=O) groups excluding carboxylic acids is 1. The molecule has 0 aliphatic heterocycles. The van der Waals surface area contributed by atoms with Gasteiger partial charge in [0.15, 0.2) is 11.5 Å². The summed E-state index contributed by atoms with van der Waals surface area (Å²) in [6, 6.07) is 16.5. The second-order valence-corrected chi connectivity index (χ2v) is 7.54. The maximum Gasteiger partial charge on any atom is 0.271 e. The van der Waals surface area contributed by atoms with Crippen molar-refractivity contribution in [3.8, 4) is 17.2 Å². The zero-order valence-corrected chi connectivity index (χ0v) is 19.1. The summed E-state index contributed by atoms with van der Waals surface area (Å²) < 4.78 is 30.3. The summed E-state index contributed by atoms with van der Waals surface area (Å²) >= 11 is 2.13. The van der Waals surface area contributed by atoms with Crippen molar-refractivity contribution in [3.63, 3.8) is 0 Å². The van der Waals surface area contributed by atoms with Crippen molar-refractivity contribution < 1.29 is 23.4 Å². The number of amides is 1. The van der Waals surface area contributed by atoms with Crippen LogP contribution in [0.1, 0.15) is 21.5 Å². The summed E-state index contributed by atoms with van der Waals surface area (Å²) in [6.07, 6.45) is 1.51. The lowest BCUT2D eigenvalue weighted by atomic mass is 10.2. The fourth-order valence-electron chi connectivity index (χ4n) is 2.66. The Morgan fingerprint density at radius 2 is 1.74 bits per heavy atom. The minimum Gasteiger partial charge on any atom is -0.496 e. The molecule has 0 aliphatic carbocycles. The molecule has 1 N–H and O–H groups in total. The number of carbonyl (C=O) groups is 1. The zero-order valence-electron chi connectivity index (χ0n) is 16.9. The lowest BCUT2D eigenvalue weighted by Crippen LogP contribution is -2.17. The second kappa shape index (κ2) is 10.8. The van der Waals surface area contributed by atoms with Crippen LogP contribution in [0, 0.1) is 9.39 Å². The van der Waals surface area contributed by atoms with Gasteiger partial charge in [-0.15, -0.1) is 0 Å². The van der Waals surface area contributed by atoms with E-state index in [4.69, 9.17) is 14.2 Å². The second-order valence-electron chi connectivity index (χ2n) is 6.37. The summed E-state index contributed by atoms with van der Waals surface area (Å²) in [7, 11) is 3.09. The van der Waals surface area contributed by atoms with E-state index in [1.807, 2.05) is 0 Å². The summed E-state index contributed by atoms with van der Waals surface area (Å²) in [5.41, 5.74) is 4.48. The van der Waals surface area contributed by atoms with Crippen LogP contribution in [0.3, 0.4) is 0 Å². The van der Waals surface area contributed by atoms with Gasteiger partial charge >= 0.3 is 0 Å². The molecule has 0 fully saturated rings. The van der Waals surface area contributed by atoms with E-state index < -0.39 is 0 Å². The molecule has 0 saturated carbocycles. The molecule has 0 saturated heterocycles. The number of hydrogen-bond acceptors (Lipinski definition) is 5. The summed E-state index contributed by atoms with van der Waals surface area (Å²) in [4.78, 5) is 12.3. The lowest BCUT2D eigenvalue weighted by molar-refractivity contribution is 0.0954. The number of hydrogen-bond donors (Lipinski definition) is 1. The topological polar surface area (TPSA) is 69.2 Å². The highest BCUT2D eigenvalue weighted by atomic mass is 127. The Kier molecular flexibility index (Phi) is 7.82. The largest absolute Gasteiger partial charge is 0.496 e. The van der Waals surface area contributed by atoms with Gasteiger partial charge in [0.1, 0.15) is 18.2 Å². The predicted octanol–water partition coefficient (Wildman–Crippen LogP) is 4.79. The Bertz CT molecular complexity index is 1090. The minimum absolute atomic E-state index is 0.277. The molecule has 160 valence electrons. The van der Waals surface area contributed by atoms with Crippen LogP contribution in [0.25, 0.3) is 0 Å². The van der Waals surface area contributed by atoms with E-state index >= 15 is 0 Å². The molecule has 31 heavy (non-hydrogen) atoms. The van der Waals surface area contributed by atoms with Crippen LogP contribution in [0.2, 0.25) is 0 Å². The molecule has 3 aromatic rings. The van der Waals surface area contributed by atoms with Crippen LogP contribution in [0.4, 0.5) is 4.39 Å². The Morgan fingerprint density at radius 3 is 2.45 bits per heavy atom. The van der Waals surface area contributed by atoms with Gasteiger partial charge in [0, 0.05) is 5.56 Å². The number of halogens is 2. The highest BCUT2D eigenvalue weighted by Crippen LogP contribution is 2.28. The molecule has 0 aromatic heterocycles. The number of ether oxygens (including phenoxy) is 3. The molecule has 8 heteroatoms. The summed E-state index contributed by atoms with van der Waals surface area (Å²) in [5.74, 6) is 1.03. The monoisotopic (exact) mass is 534 g/mol. The first-order valence-electron chi connectivity index (χ1n) is 9.22. The van der Waals surface area contributed by atoms with E-state index in [2.05, 4.69) is 33.1 Å². The van der Waals surface area contributed by atoms with E-state index in [9.17, 15) is 9.18 Å². The number of hydrazone groups is 1. The van der Waals surface area contributed by atoms with E-state index in [1.165, 1.54) is 25.5 Å². The molecule has 0 spiro atoms. The van der Waals surface area contributed by atoms with E-state index in [-0.39, 0.29) is 18.3 Å². The molecule has 3 aromatic carbocycles. The number of rotatable bonds is 8. The van der Waals surface area contributed by atoms with Crippen LogP contribution in [-0.2, 0) is 6.61 Å². The number of benzene rings is 3. The molecule has 3 rings (SSSR count). The van der Waals surface area contributed by atoms with Gasteiger partial charge in [0.05, 0.1) is 24.0 Å². The van der Waals surface area contributed by atoms with Gasteiger partial charge in [0.2, 0.25) is 0 Å². The predicted molar refractivity (Wildman–Crippen MR) is 124 cm³/mol. The molecule has 0 unspecified atom stereocenters. The fourth-order valence-corrected chi connectivity index (χ4v) is 3.21. The number of nitrogens with one attached hydrogen (secondary N) is 1. The van der Waals surface area contributed by atoms with Gasteiger partial charge in [-0.3, -0.25) is 4.79 Å². The minimum atomic E-state index is -0.350. The quantitative estimate of drug-likeness (QED) is 0.257. The van der Waals surface area contributed by atoms with E-state index in [0.29, 0.717) is 28.4 Å². The first-order chi connectivity index (χ1) is 15.0. The number of nitrogens with zero attached hydrogens (tertiary/aromatic N) is 1. The lowest BCUT2D eigenvalue weighted by Gasteiger charge is -2.11. The molecule has 1 amide bonds. The Morgan fingerprint density at radius 1 is 1.00 bits per heavy atom. The first kappa shape index (κ1) is 22.5. The van der Waals surface area contributed by atoms with Crippen molar-refractivity contribution in [2.75, 3.05) is 14.2 Å². The van der Waals surface area contributed by atoms with Crippen LogP contribution >= 0.6 is 22.6 Å². The standard InChI is InChI=1S/C23H20FIN2O4/c1-29-21-12-17(6-9-19(21)25)23(28)27-26-13-16-5-10-20(22(11-16)30-2)31-14-15-3-7-18(24)8-4-15/h3-13H,14H2,1-2H3,(H,27,28)/b26-13-. The Hall–Kier alpha value is -3.14. The van der Waals surface area contributed by atoms with Crippen LogP contribution in [0.15, 0.2) is 65.8 Å². The van der Waals surface area contributed by atoms with Crippen LogP contribution < -0.4 is 19.6 Å². The Labute approximate surface area is 193 Å². The maximum atomic E-state index is 13.0. The van der Waals surface area contributed by atoms with Crippen LogP contribution in [0.5, 0.6) is 17.2 Å². The van der Waals surface area contributed by atoms with Gasteiger partial charge in [-0.1, -0.05) is 12.1 Å². The van der Waals surface area contributed by atoms with E-state index in [1.54, 1.807) is 55.6 Å². The first-order valence-corrected chi connectivity index (χ1v) is 10.3. The number of methoxy groups -OCH3 is 2. The SMILES string of the molecule is COc1cc(C(=O)N/N=C\c2ccc(OCc3ccc(F)cc3)c(OC)c2)ccc1I. The molecule has 0 atom stereocenters. The van der Waals surface area contributed by atoms with Crippen molar-refractivity contribution in [2.45, 2.75) is 6.61 Å². The third-order valence-corrected chi connectivity index (χ3v) is 5.18. The van der Waals surface area contributed by atoms with Crippen molar-refractivity contribution in [2.24, 2.45) is 5.10 Å². The van der Waals surface area contributed by atoms with Crippen LogP contribution in [-0.4, -0.2) is 26.3 Å². The normalized spacial score (nSPS) is 10.7. The highest BCUT2D eigenvalue weighted by molar-refractivity contribution is 14.1. The summed E-state index contributed by atoms with van der Waals surface area (Å²) in [5, 5.41) is 4.00. The average molecular weight is 534 g/mol. The van der Waals surface area contributed by atoms with Gasteiger partial charge in [-0.2, -0.15) is 5.10 Å².